The van der Waals surface area contributed by atoms with E-state index in [2.05, 4.69) is 86.9 Å². The molecule has 0 aliphatic heterocycles. The maximum Gasteiger partial charge on any atom is 0.315 e. The Kier molecular flexibility index (Phi) is 6.42. The van der Waals surface area contributed by atoms with Crippen LogP contribution in [0.15, 0.2) is 48.5 Å². The first-order chi connectivity index (χ1) is 11.5. The lowest BCUT2D eigenvalue weighted by atomic mass is 10.0. The lowest BCUT2D eigenvalue weighted by Crippen LogP contribution is -2.34. The highest BCUT2D eigenvalue weighted by Gasteiger charge is 2.03. The maximum absolute atomic E-state index is 11.9. The molecule has 3 heteroatoms. The van der Waals surface area contributed by atoms with Gasteiger partial charge >= 0.3 is 6.03 Å². The first kappa shape index (κ1) is 18.1. The van der Waals surface area contributed by atoms with Gasteiger partial charge in [0.1, 0.15) is 0 Å². The summed E-state index contributed by atoms with van der Waals surface area (Å²) in [6.45, 7) is 9.78. The van der Waals surface area contributed by atoms with Gasteiger partial charge in [0.2, 0.25) is 0 Å². The van der Waals surface area contributed by atoms with Crippen molar-refractivity contribution in [1.82, 2.24) is 10.6 Å². The summed E-state index contributed by atoms with van der Waals surface area (Å²) in [5.41, 5.74) is 4.84. The van der Waals surface area contributed by atoms with Crippen LogP contribution in [0.2, 0.25) is 0 Å². The molecule has 0 atom stereocenters. The lowest BCUT2D eigenvalue weighted by molar-refractivity contribution is 0.240. The number of nitrogens with one attached hydrogen (secondary N) is 2. The molecule has 0 radical (unpaired) electrons. The summed E-state index contributed by atoms with van der Waals surface area (Å²) in [5.74, 6) is 1.05. The van der Waals surface area contributed by atoms with Crippen LogP contribution in [0.25, 0.3) is 0 Å². The highest BCUT2D eigenvalue weighted by atomic mass is 16.2. The molecule has 2 rings (SSSR count). The highest BCUT2D eigenvalue weighted by molar-refractivity contribution is 5.73. The predicted molar refractivity (Wildman–Crippen MR) is 100 cm³/mol. The molecule has 0 unspecified atom stereocenters. The third kappa shape index (κ3) is 5.41. The van der Waals surface area contributed by atoms with Crippen molar-refractivity contribution >= 4 is 6.03 Å². The number of amides is 2. The van der Waals surface area contributed by atoms with E-state index in [4.69, 9.17) is 0 Å². The molecule has 0 aliphatic rings. The van der Waals surface area contributed by atoms with Crippen LogP contribution < -0.4 is 10.6 Å². The van der Waals surface area contributed by atoms with Gasteiger partial charge in [0.25, 0.3) is 0 Å². The summed E-state index contributed by atoms with van der Waals surface area (Å²) < 4.78 is 0. The topological polar surface area (TPSA) is 41.1 Å². The van der Waals surface area contributed by atoms with Crippen molar-refractivity contribution in [2.45, 2.75) is 52.6 Å². The van der Waals surface area contributed by atoms with E-state index >= 15 is 0 Å². The van der Waals surface area contributed by atoms with Crippen LogP contribution in [-0.4, -0.2) is 6.03 Å². The Morgan fingerprint density at radius 3 is 1.33 bits per heavy atom. The molecule has 128 valence electrons. The van der Waals surface area contributed by atoms with Gasteiger partial charge in [-0.2, -0.15) is 0 Å². The van der Waals surface area contributed by atoms with Crippen molar-refractivity contribution in [1.29, 1.82) is 0 Å². The van der Waals surface area contributed by atoms with E-state index in [1.807, 2.05) is 0 Å². The third-order valence-corrected chi connectivity index (χ3v) is 4.20. The monoisotopic (exact) mass is 324 g/mol. The Hall–Kier alpha value is -2.29. The van der Waals surface area contributed by atoms with E-state index in [1.54, 1.807) is 0 Å². The van der Waals surface area contributed by atoms with Crippen molar-refractivity contribution in [3.8, 4) is 0 Å². The zero-order valence-corrected chi connectivity index (χ0v) is 15.1. The molecule has 0 heterocycles. The van der Waals surface area contributed by atoms with Crippen LogP contribution in [0, 0.1) is 0 Å². The normalized spacial score (nSPS) is 10.9. The SMILES string of the molecule is CC(C)c1ccc(CNC(=O)NCc2ccc(C(C)C)cc2)cc1. The van der Waals surface area contributed by atoms with Gasteiger partial charge in [0, 0.05) is 13.1 Å². The Morgan fingerprint density at radius 2 is 1.04 bits per heavy atom. The third-order valence-electron chi connectivity index (χ3n) is 4.20. The largest absolute Gasteiger partial charge is 0.334 e. The Labute approximate surface area is 145 Å². The molecule has 0 bridgehead atoms. The fourth-order valence-corrected chi connectivity index (χ4v) is 2.47. The van der Waals surface area contributed by atoms with E-state index in [9.17, 15) is 4.79 Å². The Morgan fingerprint density at radius 1 is 0.708 bits per heavy atom. The van der Waals surface area contributed by atoms with Gasteiger partial charge in [-0.05, 0) is 34.1 Å². The Bertz CT molecular complexity index is 585. The van der Waals surface area contributed by atoms with Crippen LogP contribution in [0.3, 0.4) is 0 Å². The van der Waals surface area contributed by atoms with Gasteiger partial charge < -0.3 is 10.6 Å². The van der Waals surface area contributed by atoms with Crippen molar-refractivity contribution in [2.75, 3.05) is 0 Å². The summed E-state index contributed by atoms with van der Waals surface area (Å²) in [7, 11) is 0. The van der Waals surface area contributed by atoms with Gasteiger partial charge in [-0.25, -0.2) is 4.79 Å². The van der Waals surface area contributed by atoms with Crippen molar-refractivity contribution in [3.63, 3.8) is 0 Å². The summed E-state index contributed by atoms with van der Waals surface area (Å²) >= 11 is 0. The molecule has 3 nitrogen and oxygen atoms in total. The lowest BCUT2D eigenvalue weighted by Gasteiger charge is -2.10. The zero-order chi connectivity index (χ0) is 17.5. The quantitative estimate of drug-likeness (QED) is 0.777. The molecule has 2 N–H and O–H groups in total. The molecule has 2 aromatic carbocycles. The van der Waals surface area contributed by atoms with E-state index in [1.165, 1.54) is 11.1 Å². The minimum Gasteiger partial charge on any atom is -0.334 e. The van der Waals surface area contributed by atoms with Crippen LogP contribution in [0.4, 0.5) is 4.79 Å². The average Bonchev–Trinajstić information content (AvgIpc) is 2.58. The maximum atomic E-state index is 11.9. The number of carbonyl (C=O) groups excluding carboxylic acids is 1. The van der Waals surface area contributed by atoms with E-state index in [-0.39, 0.29) is 6.03 Å². The smallest absolute Gasteiger partial charge is 0.315 e. The van der Waals surface area contributed by atoms with Crippen molar-refractivity contribution in [3.05, 3.63) is 70.8 Å². The zero-order valence-electron chi connectivity index (χ0n) is 15.1. The van der Waals surface area contributed by atoms with Crippen LogP contribution in [0.1, 0.15) is 61.8 Å². The van der Waals surface area contributed by atoms with Crippen molar-refractivity contribution in [2.24, 2.45) is 0 Å². The van der Waals surface area contributed by atoms with E-state index in [0.717, 1.165) is 11.1 Å². The van der Waals surface area contributed by atoms with Crippen molar-refractivity contribution < 1.29 is 4.79 Å². The van der Waals surface area contributed by atoms with Crippen LogP contribution in [-0.2, 0) is 13.1 Å². The molecule has 2 aromatic rings. The fourth-order valence-electron chi connectivity index (χ4n) is 2.47. The molecule has 2 amide bonds. The standard InChI is InChI=1S/C21H28N2O/c1-15(2)19-9-5-17(6-10-19)13-22-21(24)23-14-18-7-11-20(12-8-18)16(3)4/h5-12,15-16H,13-14H2,1-4H3,(H2,22,23,24). The van der Waals surface area contributed by atoms with E-state index < -0.39 is 0 Å². The number of rotatable bonds is 6. The Balaban J connectivity index is 1.76. The number of hydrogen-bond acceptors (Lipinski definition) is 1. The molecule has 0 aromatic heterocycles. The van der Waals surface area contributed by atoms with Crippen LogP contribution >= 0.6 is 0 Å². The second kappa shape index (κ2) is 8.53. The van der Waals surface area contributed by atoms with Crippen LogP contribution in [0.5, 0.6) is 0 Å². The first-order valence-corrected chi connectivity index (χ1v) is 8.65. The fraction of sp³-hybridized carbons (Fsp3) is 0.381. The number of urea groups is 1. The molecule has 0 saturated heterocycles. The van der Waals surface area contributed by atoms with Gasteiger partial charge in [-0.1, -0.05) is 76.2 Å². The van der Waals surface area contributed by atoms with Gasteiger partial charge in [0.15, 0.2) is 0 Å². The summed E-state index contributed by atoms with van der Waals surface area (Å²) in [6.07, 6.45) is 0. The number of carbonyl (C=O) groups is 1. The average molecular weight is 324 g/mol. The molecular weight excluding hydrogens is 296 g/mol. The second-order valence-electron chi connectivity index (χ2n) is 6.83. The van der Waals surface area contributed by atoms with E-state index in [0.29, 0.717) is 24.9 Å². The molecule has 0 saturated carbocycles. The highest BCUT2D eigenvalue weighted by Crippen LogP contribution is 2.15. The molecule has 0 fully saturated rings. The van der Waals surface area contributed by atoms with Gasteiger partial charge in [-0.3, -0.25) is 0 Å². The summed E-state index contributed by atoms with van der Waals surface area (Å²) in [6, 6.07) is 16.6. The van der Waals surface area contributed by atoms with Gasteiger partial charge in [0.05, 0.1) is 0 Å². The second-order valence-corrected chi connectivity index (χ2v) is 6.83. The van der Waals surface area contributed by atoms with Gasteiger partial charge in [-0.15, -0.1) is 0 Å². The molecule has 24 heavy (non-hydrogen) atoms. The summed E-state index contributed by atoms with van der Waals surface area (Å²) in [5, 5.41) is 5.79. The summed E-state index contributed by atoms with van der Waals surface area (Å²) in [4.78, 5) is 11.9. The minimum atomic E-state index is -0.143. The number of hydrogen-bond donors (Lipinski definition) is 2. The predicted octanol–water partition coefficient (Wildman–Crippen LogP) is 4.93. The molecule has 0 aliphatic carbocycles. The molecule has 0 spiro atoms. The number of benzene rings is 2. The first-order valence-electron chi connectivity index (χ1n) is 8.65. The molecular formula is C21H28N2O. The minimum absolute atomic E-state index is 0.143.